The second-order valence-corrected chi connectivity index (χ2v) is 9.24. The fourth-order valence-corrected chi connectivity index (χ4v) is 4.46. The van der Waals surface area contributed by atoms with Gasteiger partial charge < -0.3 is 9.30 Å². The summed E-state index contributed by atoms with van der Waals surface area (Å²) < 4.78 is 57.5. The molecule has 3 rings (SSSR count). The molecule has 1 aromatic heterocycles. The van der Waals surface area contributed by atoms with Gasteiger partial charge in [-0.05, 0) is 37.3 Å². The average molecular weight is 454 g/mol. The topological polar surface area (TPSA) is 94.8 Å². The Morgan fingerprint density at radius 2 is 1.90 bits per heavy atom. The first-order chi connectivity index (χ1) is 14.1. The minimum atomic E-state index is -3.48. The van der Waals surface area contributed by atoms with Crippen LogP contribution in [-0.4, -0.2) is 37.7 Å². The van der Waals surface area contributed by atoms with Crippen LogP contribution in [-0.2, 0) is 25.9 Å². The summed E-state index contributed by atoms with van der Waals surface area (Å²) in [5, 5.41) is 0. The van der Waals surface area contributed by atoms with Crippen LogP contribution in [0.1, 0.15) is 17.3 Å². The third-order valence-corrected chi connectivity index (χ3v) is 6.19. The predicted octanol–water partition coefficient (Wildman–Crippen LogP) is 2.69. The van der Waals surface area contributed by atoms with E-state index in [0.29, 0.717) is 16.3 Å². The number of benzene rings is 2. The number of carbonyl (C=O) groups excluding carboxylic acids is 2. The Labute approximate surface area is 174 Å². The summed E-state index contributed by atoms with van der Waals surface area (Å²) in [7, 11) is -3.48. The van der Waals surface area contributed by atoms with E-state index in [0.717, 1.165) is 29.7 Å². The average Bonchev–Trinajstić information content (AvgIpc) is 2.97. The van der Waals surface area contributed by atoms with Crippen molar-refractivity contribution in [2.24, 2.45) is 4.99 Å². The minimum absolute atomic E-state index is 0.0393. The fraction of sp³-hybridized carbons (Fsp3) is 0.211. The Bertz CT molecular complexity index is 1330. The van der Waals surface area contributed by atoms with Crippen molar-refractivity contribution in [2.45, 2.75) is 18.4 Å². The van der Waals surface area contributed by atoms with E-state index in [1.165, 1.54) is 22.8 Å². The number of hydrogen-bond acceptors (Lipinski definition) is 6. The van der Waals surface area contributed by atoms with Gasteiger partial charge in [-0.1, -0.05) is 11.3 Å². The molecule has 11 heteroatoms. The Kier molecular flexibility index (Phi) is 6.13. The van der Waals surface area contributed by atoms with Crippen LogP contribution in [0.25, 0.3) is 10.2 Å². The predicted molar refractivity (Wildman–Crippen MR) is 106 cm³/mol. The lowest BCUT2D eigenvalue weighted by Gasteiger charge is -2.05. The molecule has 0 bridgehead atoms. The van der Waals surface area contributed by atoms with Crippen LogP contribution in [0.3, 0.4) is 0 Å². The van der Waals surface area contributed by atoms with Gasteiger partial charge in [-0.2, -0.15) is 4.99 Å². The molecule has 158 valence electrons. The summed E-state index contributed by atoms with van der Waals surface area (Å²) >= 11 is 0.953. The quantitative estimate of drug-likeness (QED) is 0.553. The van der Waals surface area contributed by atoms with Gasteiger partial charge in [-0.3, -0.25) is 9.59 Å². The van der Waals surface area contributed by atoms with Crippen LogP contribution < -0.4 is 4.80 Å². The van der Waals surface area contributed by atoms with E-state index in [2.05, 4.69) is 4.99 Å². The number of carbonyl (C=O) groups is 2. The largest absolute Gasteiger partial charge is 0.465 e. The minimum Gasteiger partial charge on any atom is -0.465 e. The summed E-state index contributed by atoms with van der Waals surface area (Å²) in [6.07, 6.45) is 1.06. The van der Waals surface area contributed by atoms with Gasteiger partial charge in [-0.15, -0.1) is 0 Å². The Morgan fingerprint density at radius 1 is 1.17 bits per heavy atom. The number of aromatic nitrogens is 1. The third-order valence-electron chi connectivity index (χ3n) is 4.03. The normalized spacial score (nSPS) is 12.3. The van der Waals surface area contributed by atoms with Crippen molar-refractivity contribution in [3.63, 3.8) is 0 Å². The van der Waals surface area contributed by atoms with Gasteiger partial charge in [0.2, 0.25) is 0 Å². The molecule has 0 radical (unpaired) electrons. The number of esters is 1. The van der Waals surface area contributed by atoms with E-state index in [9.17, 15) is 26.8 Å². The zero-order valence-electron chi connectivity index (χ0n) is 15.9. The monoisotopic (exact) mass is 454 g/mol. The van der Waals surface area contributed by atoms with Crippen LogP contribution >= 0.6 is 11.3 Å². The lowest BCUT2D eigenvalue weighted by Crippen LogP contribution is -2.23. The van der Waals surface area contributed by atoms with Gasteiger partial charge in [0, 0.05) is 12.3 Å². The number of halogens is 2. The zero-order valence-corrected chi connectivity index (χ0v) is 17.5. The van der Waals surface area contributed by atoms with Gasteiger partial charge in [0.25, 0.3) is 5.91 Å². The Morgan fingerprint density at radius 3 is 2.53 bits per heavy atom. The molecule has 0 fully saturated rings. The molecule has 0 spiro atoms. The molecule has 0 unspecified atom stereocenters. The smallest absolute Gasteiger partial charge is 0.326 e. The molecule has 1 amide bonds. The number of nitrogens with zero attached hydrogens (tertiary/aromatic N) is 2. The summed E-state index contributed by atoms with van der Waals surface area (Å²) in [6, 6.07) is 6.74. The molecule has 2 aromatic carbocycles. The van der Waals surface area contributed by atoms with Crippen molar-refractivity contribution in [3.05, 3.63) is 58.4 Å². The maximum absolute atomic E-state index is 13.9. The van der Waals surface area contributed by atoms with Gasteiger partial charge >= 0.3 is 5.97 Å². The fourth-order valence-electron chi connectivity index (χ4n) is 2.67. The number of hydrogen-bond donors (Lipinski definition) is 0. The first-order valence-corrected chi connectivity index (χ1v) is 11.3. The standard InChI is InChI=1S/C19H16F2N2O5S2/c1-3-28-17(24)10-23-15-7-5-12(30(2,26)27)9-16(15)29-19(23)22-18(25)13-6-4-11(20)8-14(13)21/h4-9H,3,10H2,1-2H3. The van der Waals surface area contributed by atoms with Crippen LogP contribution in [0.2, 0.25) is 0 Å². The lowest BCUT2D eigenvalue weighted by molar-refractivity contribution is -0.143. The van der Waals surface area contributed by atoms with E-state index in [1.807, 2.05) is 0 Å². The summed E-state index contributed by atoms with van der Waals surface area (Å²) in [6.45, 7) is 1.49. The Balaban J connectivity index is 2.18. The molecular formula is C19H16F2N2O5S2. The number of rotatable bonds is 5. The summed E-state index contributed by atoms with van der Waals surface area (Å²) in [4.78, 5) is 28.5. The molecule has 30 heavy (non-hydrogen) atoms. The van der Waals surface area contributed by atoms with E-state index in [1.54, 1.807) is 6.92 Å². The molecule has 1 heterocycles. The summed E-state index contributed by atoms with van der Waals surface area (Å²) in [5.41, 5.74) is 0.0138. The highest BCUT2D eigenvalue weighted by molar-refractivity contribution is 7.90. The molecule has 3 aromatic rings. The van der Waals surface area contributed by atoms with E-state index >= 15 is 0 Å². The number of sulfone groups is 1. The first-order valence-electron chi connectivity index (χ1n) is 8.63. The maximum Gasteiger partial charge on any atom is 0.326 e. The van der Waals surface area contributed by atoms with Gasteiger partial charge in [-0.25, -0.2) is 17.2 Å². The van der Waals surface area contributed by atoms with Crippen LogP contribution in [0.5, 0.6) is 0 Å². The van der Waals surface area contributed by atoms with Crippen LogP contribution in [0.15, 0.2) is 46.3 Å². The second kappa shape index (κ2) is 8.44. The van der Waals surface area contributed by atoms with Gasteiger partial charge in [0.1, 0.15) is 18.2 Å². The number of ether oxygens (including phenoxy) is 1. The van der Waals surface area contributed by atoms with Gasteiger partial charge in [0.15, 0.2) is 14.6 Å². The SMILES string of the molecule is CCOC(=O)Cn1c(=NC(=O)c2ccc(F)cc2F)sc2cc(S(C)(=O)=O)ccc21. The molecule has 0 aliphatic heterocycles. The highest BCUT2D eigenvalue weighted by atomic mass is 32.2. The molecular weight excluding hydrogens is 438 g/mol. The van der Waals surface area contributed by atoms with Crippen molar-refractivity contribution in [2.75, 3.05) is 12.9 Å². The zero-order chi connectivity index (χ0) is 22.1. The third kappa shape index (κ3) is 4.62. The van der Waals surface area contributed by atoms with E-state index in [4.69, 9.17) is 4.74 Å². The van der Waals surface area contributed by atoms with Crippen molar-refractivity contribution in [1.82, 2.24) is 4.57 Å². The number of amides is 1. The second-order valence-electron chi connectivity index (χ2n) is 6.22. The highest BCUT2D eigenvalue weighted by Gasteiger charge is 2.17. The first kappa shape index (κ1) is 21.8. The van der Waals surface area contributed by atoms with E-state index in [-0.39, 0.29) is 22.8 Å². The number of thiazole rings is 1. The molecule has 0 saturated heterocycles. The molecule has 0 saturated carbocycles. The van der Waals surface area contributed by atoms with Crippen LogP contribution in [0, 0.1) is 11.6 Å². The maximum atomic E-state index is 13.9. The molecule has 0 atom stereocenters. The Hall–Kier alpha value is -2.92. The van der Waals surface area contributed by atoms with Crippen molar-refractivity contribution < 1.29 is 31.5 Å². The lowest BCUT2D eigenvalue weighted by atomic mass is 10.2. The van der Waals surface area contributed by atoms with Gasteiger partial charge in [0.05, 0.1) is 27.3 Å². The number of fused-ring (bicyclic) bond motifs is 1. The van der Waals surface area contributed by atoms with Crippen molar-refractivity contribution >= 4 is 43.3 Å². The van der Waals surface area contributed by atoms with Crippen molar-refractivity contribution in [3.8, 4) is 0 Å². The molecule has 0 aliphatic carbocycles. The van der Waals surface area contributed by atoms with Crippen molar-refractivity contribution in [1.29, 1.82) is 0 Å². The van der Waals surface area contributed by atoms with Crippen LogP contribution in [0.4, 0.5) is 8.78 Å². The molecule has 7 nitrogen and oxygen atoms in total. The summed E-state index contributed by atoms with van der Waals surface area (Å²) in [5.74, 6) is -3.47. The highest BCUT2D eigenvalue weighted by Crippen LogP contribution is 2.22. The molecule has 0 aliphatic rings. The van der Waals surface area contributed by atoms with E-state index < -0.39 is 38.9 Å². The molecule has 0 N–H and O–H groups in total.